The smallest absolute Gasteiger partial charge is 0.0965 e. The molecule has 1 aromatic carbocycles. The van der Waals surface area contributed by atoms with Gasteiger partial charge >= 0.3 is 0 Å². The molecule has 0 radical (unpaired) electrons. The zero-order valence-electron chi connectivity index (χ0n) is 24.6. The second kappa shape index (κ2) is 22.4. The van der Waals surface area contributed by atoms with E-state index in [1.807, 2.05) is 12.4 Å². The number of unbranched alkanes of at least 4 members (excludes halogenated alkanes) is 17. The van der Waals surface area contributed by atoms with Crippen molar-refractivity contribution in [2.24, 2.45) is 21.8 Å². The standard InChI is InChI=1S/C35H59N2/c1-3-5-7-9-10-11-12-13-14-15-16-17-19-24-28-34(35-36-29-30-37-35)33(27-23-18-8-6-4-2)31-32-25-21-20-22-26-32/h20-22,25-26,29-30,33-34H,3-19,23-24,27-28,31H2,1-2H3/q+1. The van der Waals surface area contributed by atoms with Gasteiger partial charge in [0, 0.05) is 0 Å². The van der Waals surface area contributed by atoms with Gasteiger partial charge in [0.25, 0.3) is 0 Å². The van der Waals surface area contributed by atoms with Gasteiger partial charge < -0.3 is 0 Å². The monoisotopic (exact) mass is 507 g/mol. The first-order valence-corrected chi connectivity index (χ1v) is 16.3. The molecule has 0 fully saturated rings. The van der Waals surface area contributed by atoms with E-state index in [9.17, 15) is 0 Å². The Kier molecular flexibility index (Phi) is 19.2. The summed E-state index contributed by atoms with van der Waals surface area (Å²) in [6, 6.07) is 11.1. The van der Waals surface area contributed by atoms with Crippen LogP contribution >= 0.6 is 0 Å². The van der Waals surface area contributed by atoms with Crippen molar-refractivity contribution in [2.45, 2.75) is 155 Å². The topological polar surface area (TPSA) is 24.7 Å². The molecule has 1 aliphatic rings. The van der Waals surface area contributed by atoms with Crippen LogP contribution < -0.4 is 0 Å². The van der Waals surface area contributed by atoms with Gasteiger partial charge in [-0.15, -0.1) is 0 Å². The van der Waals surface area contributed by atoms with Crippen LogP contribution in [0.4, 0.5) is 0 Å². The minimum atomic E-state index is 0.499. The summed E-state index contributed by atoms with van der Waals surface area (Å²) < 4.78 is 0. The van der Waals surface area contributed by atoms with Crippen molar-refractivity contribution in [3.05, 3.63) is 42.1 Å². The molecule has 2 atom stereocenters. The second-order valence-corrected chi connectivity index (χ2v) is 11.6. The predicted octanol–water partition coefficient (Wildman–Crippen LogP) is 11.3. The SMILES string of the molecule is CCCCCCCCCCCCCCCCC([C+]1N=CC=N1)C(CCCCCCC)Cc1ccccc1. The maximum Gasteiger partial charge on any atom is 0.244 e. The van der Waals surface area contributed by atoms with E-state index in [-0.39, 0.29) is 0 Å². The predicted molar refractivity (Wildman–Crippen MR) is 166 cm³/mol. The number of nitrogens with zero attached hydrogens (tertiary/aromatic N) is 2. The summed E-state index contributed by atoms with van der Waals surface area (Å²) in [5.41, 5.74) is 1.47. The van der Waals surface area contributed by atoms with Gasteiger partial charge in [-0.3, -0.25) is 0 Å². The lowest BCUT2D eigenvalue weighted by atomic mass is 9.78. The fourth-order valence-electron chi connectivity index (χ4n) is 5.95. The molecular formula is C35H59N2+. The van der Waals surface area contributed by atoms with Gasteiger partial charge in [0.15, 0.2) is 12.4 Å². The molecule has 0 aliphatic carbocycles. The van der Waals surface area contributed by atoms with Crippen molar-refractivity contribution in [3.63, 3.8) is 0 Å². The fourth-order valence-corrected chi connectivity index (χ4v) is 5.95. The average molecular weight is 508 g/mol. The van der Waals surface area contributed by atoms with Gasteiger partial charge in [0.05, 0.1) is 5.92 Å². The Morgan fingerprint density at radius 2 is 0.973 bits per heavy atom. The van der Waals surface area contributed by atoms with Gasteiger partial charge in [-0.05, 0) is 30.7 Å². The Morgan fingerprint density at radius 3 is 1.46 bits per heavy atom. The molecular weight excluding hydrogens is 448 g/mol. The maximum absolute atomic E-state index is 4.71. The third-order valence-corrected chi connectivity index (χ3v) is 8.27. The number of benzene rings is 1. The van der Waals surface area contributed by atoms with E-state index in [0.29, 0.717) is 11.8 Å². The quantitative estimate of drug-likeness (QED) is 0.0928. The molecule has 1 heterocycles. The van der Waals surface area contributed by atoms with E-state index < -0.39 is 0 Å². The van der Waals surface area contributed by atoms with Crippen LogP contribution in [0.15, 0.2) is 40.3 Å². The summed E-state index contributed by atoms with van der Waals surface area (Å²) in [5.74, 6) is 1.15. The molecule has 2 nitrogen and oxygen atoms in total. The van der Waals surface area contributed by atoms with E-state index >= 15 is 0 Å². The van der Waals surface area contributed by atoms with Crippen molar-refractivity contribution in [3.8, 4) is 0 Å². The van der Waals surface area contributed by atoms with Crippen molar-refractivity contribution >= 4 is 12.4 Å². The van der Waals surface area contributed by atoms with Crippen LogP contribution in [-0.4, -0.2) is 12.4 Å². The van der Waals surface area contributed by atoms with Gasteiger partial charge in [-0.1, -0.05) is 176 Å². The van der Waals surface area contributed by atoms with Crippen LogP contribution in [0.1, 0.15) is 154 Å². The molecule has 0 aromatic heterocycles. The molecule has 208 valence electrons. The molecule has 2 rings (SSSR count). The summed E-state index contributed by atoms with van der Waals surface area (Å²) >= 11 is 0. The molecule has 0 spiro atoms. The molecule has 0 amide bonds. The van der Waals surface area contributed by atoms with Crippen LogP contribution in [0, 0.1) is 18.0 Å². The van der Waals surface area contributed by atoms with E-state index in [4.69, 9.17) is 9.98 Å². The summed E-state index contributed by atoms with van der Waals surface area (Å²) in [6.45, 7) is 4.60. The first-order chi connectivity index (χ1) is 18.3. The zero-order chi connectivity index (χ0) is 26.2. The van der Waals surface area contributed by atoms with Gasteiger partial charge in [0.1, 0.15) is 0 Å². The van der Waals surface area contributed by atoms with Gasteiger partial charge in [-0.25, -0.2) is 0 Å². The Hall–Kier alpha value is -1.57. The highest BCUT2D eigenvalue weighted by atomic mass is 15.0. The lowest BCUT2D eigenvalue weighted by molar-refractivity contribution is 0.284. The summed E-state index contributed by atoms with van der Waals surface area (Å²) in [7, 11) is 0. The highest BCUT2D eigenvalue weighted by Gasteiger charge is 2.35. The highest BCUT2D eigenvalue weighted by Crippen LogP contribution is 2.37. The molecule has 0 saturated carbocycles. The Morgan fingerprint density at radius 1 is 0.541 bits per heavy atom. The Balaban J connectivity index is 1.69. The summed E-state index contributed by atoms with van der Waals surface area (Å²) in [5, 5.41) is 0. The molecule has 37 heavy (non-hydrogen) atoms. The summed E-state index contributed by atoms with van der Waals surface area (Å²) in [4.78, 5) is 9.42. The van der Waals surface area contributed by atoms with Crippen LogP contribution in [-0.2, 0) is 6.42 Å². The normalized spacial score (nSPS) is 14.5. The largest absolute Gasteiger partial charge is 0.244 e. The molecule has 0 N–H and O–H groups in total. The molecule has 1 aromatic rings. The van der Waals surface area contributed by atoms with Crippen LogP contribution in [0.25, 0.3) is 0 Å². The van der Waals surface area contributed by atoms with Crippen LogP contribution in [0.5, 0.6) is 0 Å². The number of rotatable bonds is 25. The molecule has 0 bridgehead atoms. The number of hydrogen-bond acceptors (Lipinski definition) is 2. The van der Waals surface area contributed by atoms with Crippen LogP contribution in [0.3, 0.4) is 0 Å². The van der Waals surface area contributed by atoms with Gasteiger partial charge in [-0.2, -0.15) is 0 Å². The number of aliphatic imine (C=N–C) groups is 2. The minimum absolute atomic E-state index is 0.499. The summed E-state index contributed by atoms with van der Waals surface area (Å²) in [6.07, 6.45) is 35.2. The lowest BCUT2D eigenvalue weighted by Gasteiger charge is -2.26. The van der Waals surface area contributed by atoms with E-state index in [2.05, 4.69) is 44.2 Å². The van der Waals surface area contributed by atoms with E-state index in [0.717, 1.165) is 12.6 Å². The average Bonchev–Trinajstić information content (AvgIpc) is 3.46. The fraction of sp³-hybridized carbons (Fsp3) is 0.743. The van der Waals surface area contributed by atoms with Crippen LogP contribution in [0.2, 0.25) is 0 Å². The highest BCUT2D eigenvalue weighted by molar-refractivity contribution is 6.18. The first kappa shape index (κ1) is 31.6. The zero-order valence-corrected chi connectivity index (χ0v) is 24.6. The molecule has 1 aliphatic heterocycles. The third kappa shape index (κ3) is 15.4. The Bertz CT molecular complexity index is 668. The second-order valence-electron chi connectivity index (χ2n) is 11.6. The van der Waals surface area contributed by atoms with E-state index in [1.54, 1.807) is 0 Å². The molecule has 0 saturated heterocycles. The molecule has 2 unspecified atom stereocenters. The number of hydrogen-bond donors (Lipinski definition) is 0. The lowest BCUT2D eigenvalue weighted by Crippen LogP contribution is -2.22. The van der Waals surface area contributed by atoms with Crippen molar-refractivity contribution in [2.75, 3.05) is 0 Å². The van der Waals surface area contributed by atoms with Crippen molar-refractivity contribution in [1.29, 1.82) is 0 Å². The molecule has 2 heteroatoms. The third-order valence-electron chi connectivity index (χ3n) is 8.27. The van der Waals surface area contributed by atoms with E-state index in [1.165, 1.54) is 140 Å². The van der Waals surface area contributed by atoms with Gasteiger partial charge in [0.2, 0.25) is 6.17 Å². The minimum Gasteiger partial charge on any atom is -0.0965 e. The Labute approximate surface area is 231 Å². The van der Waals surface area contributed by atoms with Crippen molar-refractivity contribution in [1.82, 2.24) is 0 Å². The maximum atomic E-state index is 4.71. The van der Waals surface area contributed by atoms with Crippen molar-refractivity contribution < 1.29 is 0 Å². The first-order valence-electron chi connectivity index (χ1n) is 16.3.